The highest BCUT2D eigenvalue weighted by atomic mass is 35.5. The Balaban J connectivity index is 1.87. The molecule has 0 atom stereocenters. The lowest BCUT2D eigenvalue weighted by atomic mass is 10.1. The van der Waals surface area contributed by atoms with Crippen LogP contribution in [0.5, 0.6) is 23.0 Å². The van der Waals surface area contributed by atoms with Crippen molar-refractivity contribution in [3.05, 3.63) is 81.0 Å². The summed E-state index contributed by atoms with van der Waals surface area (Å²) in [5.41, 5.74) is 1.24. The maximum atomic E-state index is 13.4. The Kier molecular flexibility index (Phi) is 6.47. The molecule has 0 aliphatic rings. The zero-order chi connectivity index (χ0) is 24.4. The first-order valence-corrected chi connectivity index (χ1v) is 10.6. The zero-order valence-corrected chi connectivity index (χ0v) is 19.7. The van der Waals surface area contributed by atoms with Gasteiger partial charge in [-0.25, -0.2) is 4.79 Å². The number of carbonyl (C=O) groups excluding carboxylic acids is 1. The van der Waals surface area contributed by atoms with Crippen LogP contribution in [0, 0.1) is 6.92 Å². The van der Waals surface area contributed by atoms with Crippen LogP contribution in [0.4, 0.5) is 0 Å². The maximum absolute atomic E-state index is 13.4. The van der Waals surface area contributed by atoms with Gasteiger partial charge in [-0.1, -0.05) is 11.6 Å². The van der Waals surface area contributed by atoms with E-state index < -0.39 is 11.4 Å². The Morgan fingerprint density at radius 3 is 2.24 bits per heavy atom. The van der Waals surface area contributed by atoms with Gasteiger partial charge < -0.3 is 23.4 Å². The van der Waals surface area contributed by atoms with Crippen LogP contribution in [0.2, 0.25) is 5.02 Å². The fourth-order valence-electron chi connectivity index (χ4n) is 3.44. The summed E-state index contributed by atoms with van der Waals surface area (Å²) in [6.45, 7) is 1.81. The molecule has 0 radical (unpaired) electrons. The molecule has 0 fully saturated rings. The molecule has 8 heteroatoms. The molecule has 4 rings (SSSR count). The van der Waals surface area contributed by atoms with E-state index in [0.717, 1.165) is 5.56 Å². The van der Waals surface area contributed by atoms with Gasteiger partial charge in [0.2, 0.25) is 11.2 Å². The number of carbonyl (C=O) groups is 1. The van der Waals surface area contributed by atoms with Crippen molar-refractivity contribution in [3.63, 3.8) is 0 Å². The summed E-state index contributed by atoms with van der Waals surface area (Å²) in [6, 6.07) is 14.6. The second-order valence-electron chi connectivity index (χ2n) is 7.37. The smallest absolute Gasteiger partial charge is 0.343 e. The normalized spacial score (nSPS) is 10.7. The van der Waals surface area contributed by atoms with E-state index in [0.29, 0.717) is 33.4 Å². The van der Waals surface area contributed by atoms with Gasteiger partial charge >= 0.3 is 5.97 Å². The third-order valence-electron chi connectivity index (χ3n) is 5.30. The SMILES string of the molecule is COc1ccc(-c2oc3cc(C)c(Cl)cc3c(=O)c2OC(=O)c2ccc(OC)c(OC)c2)cc1. The minimum absolute atomic E-state index is 0.107. The summed E-state index contributed by atoms with van der Waals surface area (Å²) < 4.78 is 27.3. The molecule has 0 N–H and O–H groups in total. The number of hydrogen-bond acceptors (Lipinski definition) is 7. The minimum Gasteiger partial charge on any atom is -0.497 e. The fourth-order valence-corrected chi connectivity index (χ4v) is 3.60. The molecule has 0 bridgehead atoms. The van der Waals surface area contributed by atoms with Crippen molar-refractivity contribution in [1.82, 2.24) is 0 Å². The Morgan fingerprint density at radius 2 is 1.59 bits per heavy atom. The highest BCUT2D eigenvalue weighted by molar-refractivity contribution is 6.32. The van der Waals surface area contributed by atoms with E-state index in [1.807, 2.05) is 0 Å². The molecule has 1 heterocycles. The average Bonchev–Trinajstić information content (AvgIpc) is 2.86. The lowest BCUT2D eigenvalue weighted by Gasteiger charge is -2.13. The highest BCUT2D eigenvalue weighted by Gasteiger charge is 2.23. The molecule has 0 aliphatic carbocycles. The second-order valence-corrected chi connectivity index (χ2v) is 7.78. The Morgan fingerprint density at radius 1 is 0.882 bits per heavy atom. The monoisotopic (exact) mass is 480 g/mol. The maximum Gasteiger partial charge on any atom is 0.343 e. The second kappa shape index (κ2) is 9.49. The Labute approximate surface area is 200 Å². The van der Waals surface area contributed by atoms with Gasteiger partial charge in [-0.2, -0.15) is 0 Å². The van der Waals surface area contributed by atoms with Gasteiger partial charge in [-0.3, -0.25) is 4.79 Å². The molecule has 174 valence electrons. The third-order valence-corrected chi connectivity index (χ3v) is 5.70. The van der Waals surface area contributed by atoms with Crippen LogP contribution >= 0.6 is 11.6 Å². The van der Waals surface area contributed by atoms with Gasteiger partial charge in [-0.15, -0.1) is 0 Å². The van der Waals surface area contributed by atoms with E-state index in [-0.39, 0.29) is 22.5 Å². The molecule has 3 aromatic carbocycles. The first-order chi connectivity index (χ1) is 16.4. The number of aryl methyl sites for hydroxylation is 1. The standard InChI is InChI=1S/C26H21ClO7/c1-14-11-21-18(13-19(14)27)23(28)25(24(33-21)15-5-8-17(30-2)9-6-15)34-26(29)16-7-10-20(31-3)22(12-16)32-4/h5-13H,1-4H3. The molecule has 0 saturated heterocycles. The number of rotatable bonds is 6. The number of esters is 1. The summed E-state index contributed by atoms with van der Waals surface area (Å²) in [6.07, 6.45) is 0. The Hall–Kier alpha value is -3.97. The molecule has 0 saturated carbocycles. The number of halogens is 1. The summed E-state index contributed by atoms with van der Waals surface area (Å²) in [7, 11) is 4.50. The third kappa shape index (κ3) is 4.30. The number of ether oxygens (including phenoxy) is 4. The topological polar surface area (TPSA) is 84.2 Å². The lowest BCUT2D eigenvalue weighted by Crippen LogP contribution is -2.16. The quantitative estimate of drug-likeness (QED) is 0.329. The Bertz CT molecular complexity index is 1440. The fraction of sp³-hybridized carbons (Fsp3) is 0.154. The van der Waals surface area contributed by atoms with Gasteiger partial charge in [0.1, 0.15) is 11.3 Å². The molecule has 0 amide bonds. The lowest BCUT2D eigenvalue weighted by molar-refractivity contribution is 0.0731. The van der Waals surface area contributed by atoms with E-state index in [1.165, 1.54) is 32.4 Å². The van der Waals surface area contributed by atoms with Crippen LogP contribution in [0.15, 0.2) is 63.8 Å². The van der Waals surface area contributed by atoms with E-state index >= 15 is 0 Å². The van der Waals surface area contributed by atoms with Crippen molar-refractivity contribution in [2.24, 2.45) is 0 Å². The molecule has 0 unspecified atom stereocenters. The molecule has 4 aromatic rings. The van der Waals surface area contributed by atoms with Crippen molar-refractivity contribution < 1.29 is 28.2 Å². The first-order valence-electron chi connectivity index (χ1n) is 10.2. The van der Waals surface area contributed by atoms with Crippen molar-refractivity contribution >= 4 is 28.5 Å². The summed E-state index contributed by atoms with van der Waals surface area (Å²) >= 11 is 6.24. The first kappa shape index (κ1) is 23.2. The summed E-state index contributed by atoms with van der Waals surface area (Å²) in [4.78, 5) is 26.5. The van der Waals surface area contributed by atoms with Crippen molar-refractivity contribution in [2.45, 2.75) is 6.92 Å². The largest absolute Gasteiger partial charge is 0.497 e. The van der Waals surface area contributed by atoms with Crippen LogP contribution in [0.3, 0.4) is 0 Å². The van der Waals surface area contributed by atoms with Crippen LogP contribution in [-0.4, -0.2) is 27.3 Å². The molecule has 34 heavy (non-hydrogen) atoms. The van der Waals surface area contributed by atoms with Crippen LogP contribution in [-0.2, 0) is 0 Å². The molecule has 0 aliphatic heterocycles. The summed E-state index contributed by atoms with van der Waals surface area (Å²) in [5, 5.41) is 0.595. The van der Waals surface area contributed by atoms with Crippen molar-refractivity contribution in [1.29, 1.82) is 0 Å². The highest BCUT2D eigenvalue weighted by Crippen LogP contribution is 2.34. The minimum atomic E-state index is -0.763. The zero-order valence-electron chi connectivity index (χ0n) is 18.9. The van der Waals surface area contributed by atoms with Crippen LogP contribution in [0.1, 0.15) is 15.9 Å². The average molecular weight is 481 g/mol. The number of hydrogen-bond donors (Lipinski definition) is 0. The molecular formula is C26H21ClO7. The van der Waals surface area contributed by atoms with E-state index in [1.54, 1.807) is 50.4 Å². The van der Waals surface area contributed by atoms with Gasteiger partial charge in [0, 0.05) is 10.6 Å². The number of fused-ring (bicyclic) bond motifs is 1. The predicted molar refractivity (Wildman–Crippen MR) is 129 cm³/mol. The van der Waals surface area contributed by atoms with Gasteiger partial charge in [-0.05, 0) is 67.1 Å². The van der Waals surface area contributed by atoms with Crippen LogP contribution < -0.4 is 24.4 Å². The number of methoxy groups -OCH3 is 3. The number of benzene rings is 3. The van der Waals surface area contributed by atoms with E-state index in [2.05, 4.69) is 0 Å². The van der Waals surface area contributed by atoms with Crippen molar-refractivity contribution in [2.75, 3.05) is 21.3 Å². The molecule has 1 aromatic heterocycles. The van der Waals surface area contributed by atoms with Gasteiger partial charge in [0.05, 0.1) is 32.3 Å². The molecular weight excluding hydrogens is 460 g/mol. The predicted octanol–water partition coefficient (Wildman–Crippen LogP) is 5.67. The van der Waals surface area contributed by atoms with Crippen LogP contribution in [0.25, 0.3) is 22.3 Å². The van der Waals surface area contributed by atoms with Crippen molar-refractivity contribution in [3.8, 4) is 34.3 Å². The van der Waals surface area contributed by atoms with E-state index in [9.17, 15) is 9.59 Å². The van der Waals surface area contributed by atoms with Gasteiger partial charge in [0.25, 0.3) is 0 Å². The molecule has 0 spiro atoms. The van der Waals surface area contributed by atoms with Gasteiger partial charge in [0.15, 0.2) is 17.3 Å². The summed E-state index contributed by atoms with van der Waals surface area (Å²) in [5.74, 6) is 0.514. The van der Waals surface area contributed by atoms with E-state index in [4.69, 9.17) is 35.0 Å². The molecule has 7 nitrogen and oxygen atoms in total.